The molecule has 9 heteroatoms. The van der Waals surface area contributed by atoms with Gasteiger partial charge in [0, 0.05) is 35.5 Å². The van der Waals surface area contributed by atoms with Crippen LogP contribution in [0.4, 0.5) is 8.78 Å². The molecule has 3 unspecified atom stereocenters. The summed E-state index contributed by atoms with van der Waals surface area (Å²) < 4.78 is 36.4. The lowest BCUT2D eigenvalue weighted by atomic mass is 9.72. The molecule has 2 aromatic carbocycles. The first-order valence-electron chi connectivity index (χ1n) is 12.1. The highest BCUT2D eigenvalue weighted by atomic mass is 79.9. The predicted octanol–water partition coefficient (Wildman–Crippen LogP) is 6.37. The summed E-state index contributed by atoms with van der Waals surface area (Å²) in [7, 11) is 3.38. The first-order chi connectivity index (χ1) is 17.7. The number of nitrogens with zero attached hydrogens (tertiary/aromatic N) is 2. The third-order valence-electron chi connectivity index (χ3n) is 7.62. The number of likely N-dealkylation sites (tertiary alicyclic amines) is 1. The van der Waals surface area contributed by atoms with Gasteiger partial charge in [-0.1, -0.05) is 70.0 Å². The maximum absolute atomic E-state index is 12.2. The molecule has 2 aliphatic heterocycles. The van der Waals surface area contributed by atoms with Gasteiger partial charge in [-0.05, 0) is 43.1 Å². The first kappa shape index (κ1) is 26.4. The number of ether oxygens (including phenoxy) is 2. The highest BCUT2D eigenvalue weighted by Crippen LogP contribution is 2.68. The molecule has 1 N–H and O–H groups in total. The van der Waals surface area contributed by atoms with Gasteiger partial charge >= 0.3 is 0 Å². The smallest absolute Gasteiger partial charge is 0.243 e. The number of rotatable bonds is 4. The number of pyridine rings is 1. The van der Waals surface area contributed by atoms with Gasteiger partial charge < -0.3 is 19.5 Å². The zero-order valence-electron chi connectivity index (χ0n) is 20.5. The molecule has 1 aliphatic carbocycles. The van der Waals surface area contributed by atoms with Crippen molar-refractivity contribution >= 4 is 27.5 Å². The summed E-state index contributed by atoms with van der Waals surface area (Å²) in [4.78, 5) is 6.19. The first-order valence-corrected chi connectivity index (χ1v) is 13.3. The molecule has 3 aromatic rings. The second-order valence-electron chi connectivity index (χ2n) is 9.85. The predicted molar refractivity (Wildman–Crippen MR) is 142 cm³/mol. The molecule has 1 aromatic heterocycles. The van der Waals surface area contributed by atoms with Crippen molar-refractivity contribution in [1.29, 1.82) is 0 Å². The van der Waals surface area contributed by atoms with Crippen LogP contribution in [0, 0.1) is 5.92 Å². The Kier molecular flexibility index (Phi) is 7.22. The Labute approximate surface area is 228 Å². The van der Waals surface area contributed by atoms with Crippen LogP contribution in [0.2, 0.25) is 5.15 Å². The number of hydrogen-bond acceptors (Lipinski definition) is 5. The zero-order chi connectivity index (χ0) is 26.4. The Morgan fingerprint density at radius 1 is 1.16 bits per heavy atom. The maximum Gasteiger partial charge on any atom is 0.243 e. The van der Waals surface area contributed by atoms with E-state index in [4.69, 9.17) is 21.1 Å². The average Bonchev–Trinajstić information content (AvgIpc) is 3.29. The summed E-state index contributed by atoms with van der Waals surface area (Å²) in [5.41, 5.74) is 0.309. The molecule has 0 spiro atoms. The van der Waals surface area contributed by atoms with E-state index in [1.165, 1.54) is 7.11 Å². The lowest BCUT2D eigenvalue weighted by Crippen LogP contribution is -2.48. The largest absolute Gasteiger partial charge is 0.481 e. The molecule has 0 amide bonds. The van der Waals surface area contributed by atoms with Crippen molar-refractivity contribution in [3.05, 3.63) is 87.0 Å². The van der Waals surface area contributed by atoms with E-state index in [1.54, 1.807) is 6.07 Å². The summed E-state index contributed by atoms with van der Waals surface area (Å²) in [5.74, 6) is 0.432. The van der Waals surface area contributed by atoms with Crippen LogP contribution < -0.4 is 9.47 Å². The number of aliphatic hydroxyl groups is 1. The quantitative estimate of drug-likeness (QED) is 0.356. The van der Waals surface area contributed by atoms with E-state index < -0.39 is 17.6 Å². The van der Waals surface area contributed by atoms with Crippen LogP contribution in [0.5, 0.6) is 11.6 Å². The molecule has 5 nitrogen and oxygen atoms in total. The van der Waals surface area contributed by atoms with Crippen LogP contribution in [-0.2, 0) is 11.2 Å². The van der Waals surface area contributed by atoms with Crippen molar-refractivity contribution < 1.29 is 23.4 Å². The molecule has 2 fully saturated rings. The van der Waals surface area contributed by atoms with E-state index in [-0.39, 0.29) is 17.0 Å². The third kappa shape index (κ3) is 4.42. The molecule has 0 radical (unpaired) electrons. The molecule has 3 atom stereocenters. The number of halogens is 4. The van der Waals surface area contributed by atoms with Gasteiger partial charge in [0.2, 0.25) is 12.3 Å². The van der Waals surface area contributed by atoms with Crippen LogP contribution in [-0.4, -0.2) is 48.7 Å². The minimum absolute atomic E-state index is 0.0502. The molecule has 6 rings (SSSR count). The molecular weight excluding hydrogens is 566 g/mol. The number of aromatic nitrogens is 1. The Morgan fingerprint density at radius 2 is 1.84 bits per heavy atom. The Balaban J connectivity index is 0.000000301. The molecular formula is C28H28BrClF2N2O3. The van der Waals surface area contributed by atoms with Crippen LogP contribution in [0.15, 0.2) is 65.1 Å². The molecule has 3 heterocycles. The van der Waals surface area contributed by atoms with Crippen molar-refractivity contribution in [3.8, 4) is 11.6 Å². The van der Waals surface area contributed by atoms with E-state index in [0.29, 0.717) is 36.7 Å². The van der Waals surface area contributed by atoms with Crippen LogP contribution in [0.3, 0.4) is 0 Å². The highest BCUT2D eigenvalue weighted by Gasteiger charge is 2.69. The van der Waals surface area contributed by atoms with Gasteiger partial charge in [-0.15, -0.1) is 0 Å². The molecule has 1 saturated carbocycles. The Morgan fingerprint density at radius 3 is 2.41 bits per heavy atom. The summed E-state index contributed by atoms with van der Waals surface area (Å²) in [6.45, 7) is 1.13. The Hall–Kier alpha value is -2.26. The number of alkyl halides is 2. The van der Waals surface area contributed by atoms with Gasteiger partial charge in [-0.3, -0.25) is 0 Å². The van der Waals surface area contributed by atoms with Gasteiger partial charge in [0.05, 0.1) is 12.7 Å². The zero-order valence-corrected chi connectivity index (χ0v) is 22.8. The van der Waals surface area contributed by atoms with E-state index in [1.807, 2.05) is 54.4 Å². The summed E-state index contributed by atoms with van der Waals surface area (Å²) in [6.07, 6.45) is -0.817. The molecule has 37 heavy (non-hydrogen) atoms. The van der Waals surface area contributed by atoms with E-state index in [0.717, 1.165) is 22.0 Å². The molecule has 196 valence electrons. The van der Waals surface area contributed by atoms with Crippen molar-refractivity contribution in [2.75, 3.05) is 27.2 Å². The molecule has 0 bridgehead atoms. The second-order valence-corrected chi connectivity index (χ2v) is 11.2. The standard InChI is InChI=1S/C23H19BrClNO3.C5H9F2N/c1-28-21-20-18(13-19(25)26-21)29-23(15-7-9-16(24)10-8-15)17(11-12-22(20,23)27)14-5-3-2-4-6-14;1-8-2-4(3-8)5(6)7/h2-10,13,17,27H,11-12H2,1H3;4-5H,2-3H2,1H3. The maximum atomic E-state index is 12.2. The third-order valence-corrected chi connectivity index (χ3v) is 8.34. The van der Waals surface area contributed by atoms with Gasteiger partial charge in [0.1, 0.15) is 16.5 Å². The van der Waals surface area contributed by atoms with Crippen molar-refractivity contribution in [2.24, 2.45) is 5.92 Å². The van der Waals surface area contributed by atoms with Gasteiger partial charge in [0.25, 0.3) is 0 Å². The number of hydrogen-bond donors (Lipinski definition) is 1. The lowest BCUT2D eigenvalue weighted by Gasteiger charge is -2.40. The van der Waals surface area contributed by atoms with Crippen LogP contribution in [0.1, 0.15) is 35.4 Å². The van der Waals surface area contributed by atoms with E-state index in [9.17, 15) is 13.9 Å². The van der Waals surface area contributed by atoms with Crippen LogP contribution in [0.25, 0.3) is 0 Å². The van der Waals surface area contributed by atoms with Gasteiger partial charge in [0.15, 0.2) is 5.60 Å². The SMILES string of the molecule is CN1CC(C(F)F)C1.COc1nc(Cl)cc2c1C1(O)CCC(c3ccccc3)C1(c1ccc(Br)cc1)O2. The minimum Gasteiger partial charge on any atom is -0.481 e. The van der Waals surface area contributed by atoms with Crippen LogP contribution >= 0.6 is 27.5 Å². The monoisotopic (exact) mass is 592 g/mol. The number of fused-ring (bicyclic) bond motifs is 3. The van der Waals surface area contributed by atoms with E-state index in [2.05, 4.69) is 33.0 Å². The van der Waals surface area contributed by atoms with Crippen molar-refractivity contribution in [2.45, 2.75) is 36.4 Å². The second kappa shape index (κ2) is 10.1. The fourth-order valence-electron chi connectivity index (χ4n) is 5.94. The van der Waals surface area contributed by atoms with Gasteiger partial charge in [-0.2, -0.15) is 0 Å². The normalized spacial score (nSPS) is 26.5. The topological polar surface area (TPSA) is 54.8 Å². The fourth-order valence-corrected chi connectivity index (χ4v) is 6.38. The van der Waals surface area contributed by atoms with Crippen molar-refractivity contribution in [1.82, 2.24) is 9.88 Å². The average molecular weight is 594 g/mol. The fraction of sp³-hybridized carbons (Fsp3) is 0.393. The minimum atomic E-state index is -2.11. The molecule has 3 aliphatic rings. The van der Waals surface area contributed by atoms with Crippen molar-refractivity contribution in [3.63, 3.8) is 0 Å². The number of methoxy groups -OCH3 is 1. The van der Waals surface area contributed by atoms with Gasteiger partial charge in [-0.25, -0.2) is 13.8 Å². The number of benzene rings is 2. The summed E-state index contributed by atoms with van der Waals surface area (Å²) in [5, 5.41) is 12.5. The summed E-state index contributed by atoms with van der Waals surface area (Å²) >= 11 is 9.72. The molecule has 1 saturated heterocycles. The Bertz CT molecular complexity index is 1260. The highest BCUT2D eigenvalue weighted by molar-refractivity contribution is 9.10. The van der Waals surface area contributed by atoms with E-state index >= 15 is 0 Å². The summed E-state index contributed by atoms with van der Waals surface area (Å²) in [6, 6.07) is 19.8. The lowest BCUT2D eigenvalue weighted by molar-refractivity contribution is -0.106.